The molecule has 0 aliphatic rings. The molecule has 0 bridgehead atoms. The lowest BCUT2D eigenvalue weighted by molar-refractivity contribution is 0.0585. The molecule has 0 N–H and O–H groups in total. The number of rotatable bonds is 3. The van der Waals surface area contributed by atoms with Crippen LogP contribution in [0.4, 0.5) is 10.5 Å². The predicted octanol–water partition coefficient (Wildman–Crippen LogP) is 2.46. The number of amides is 1. The highest BCUT2D eigenvalue weighted by molar-refractivity contribution is 5.88. The Labute approximate surface area is 113 Å². The SMILES string of the molecule is C#CCN(C(=O)OC(C)(C)C)c1ccc(OC)nc1. The van der Waals surface area contributed by atoms with Crippen molar-refractivity contribution in [1.82, 2.24) is 4.98 Å². The fraction of sp³-hybridized carbons (Fsp3) is 0.429. The van der Waals surface area contributed by atoms with Gasteiger partial charge in [-0.25, -0.2) is 9.78 Å². The van der Waals surface area contributed by atoms with Crippen molar-refractivity contribution in [3.63, 3.8) is 0 Å². The van der Waals surface area contributed by atoms with Crippen LogP contribution in [0.1, 0.15) is 20.8 Å². The maximum Gasteiger partial charge on any atom is 0.415 e. The number of carbonyl (C=O) groups is 1. The molecule has 19 heavy (non-hydrogen) atoms. The van der Waals surface area contributed by atoms with Crippen LogP contribution in [0.2, 0.25) is 0 Å². The molecule has 5 nitrogen and oxygen atoms in total. The van der Waals surface area contributed by atoms with E-state index in [0.717, 1.165) is 0 Å². The normalized spacial score (nSPS) is 10.5. The summed E-state index contributed by atoms with van der Waals surface area (Å²) >= 11 is 0. The highest BCUT2D eigenvalue weighted by atomic mass is 16.6. The maximum absolute atomic E-state index is 12.1. The van der Waals surface area contributed by atoms with Crippen LogP contribution in [-0.4, -0.2) is 30.3 Å². The van der Waals surface area contributed by atoms with Crippen molar-refractivity contribution in [3.05, 3.63) is 18.3 Å². The van der Waals surface area contributed by atoms with Crippen molar-refractivity contribution in [2.24, 2.45) is 0 Å². The molecule has 0 aliphatic heterocycles. The number of nitrogens with zero attached hydrogens (tertiary/aromatic N) is 2. The lowest BCUT2D eigenvalue weighted by Gasteiger charge is -2.26. The van der Waals surface area contributed by atoms with Gasteiger partial charge >= 0.3 is 6.09 Å². The minimum atomic E-state index is -0.580. The third-order valence-electron chi connectivity index (χ3n) is 2.10. The van der Waals surface area contributed by atoms with E-state index in [1.165, 1.54) is 18.2 Å². The van der Waals surface area contributed by atoms with E-state index in [-0.39, 0.29) is 6.54 Å². The molecule has 1 rings (SSSR count). The fourth-order valence-electron chi connectivity index (χ4n) is 1.32. The number of hydrogen-bond acceptors (Lipinski definition) is 4. The summed E-state index contributed by atoms with van der Waals surface area (Å²) in [5.74, 6) is 2.89. The van der Waals surface area contributed by atoms with Gasteiger partial charge in [-0.3, -0.25) is 4.90 Å². The maximum atomic E-state index is 12.1. The Morgan fingerprint density at radius 2 is 2.16 bits per heavy atom. The fourth-order valence-corrected chi connectivity index (χ4v) is 1.32. The molecular weight excluding hydrogens is 244 g/mol. The van der Waals surface area contributed by atoms with E-state index < -0.39 is 11.7 Å². The van der Waals surface area contributed by atoms with Gasteiger partial charge in [-0.1, -0.05) is 5.92 Å². The molecule has 0 atom stereocenters. The van der Waals surface area contributed by atoms with E-state index in [0.29, 0.717) is 11.6 Å². The number of pyridine rings is 1. The third kappa shape index (κ3) is 4.51. The molecule has 0 spiro atoms. The summed E-state index contributed by atoms with van der Waals surface area (Å²) in [5, 5.41) is 0. The van der Waals surface area contributed by atoms with Crippen LogP contribution in [0.15, 0.2) is 18.3 Å². The van der Waals surface area contributed by atoms with Gasteiger partial charge in [0.2, 0.25) is 5.88 Å². The summed E-state index contributed by atoms with van der Waals surface area (Å²) in [4.78, 5) is 17.4. The van der Waals surface area contributed by atoms with Crippen LogP contribution in [-0.2, 0) is 4.74 Å². The summed E-state index contributed by atoms with van der Waals surface area (Å²) in [6.07, 6.45) is 6.29. The lowest BCUT2D eigenvalue weighted by atomic mass is 10.2. The van der Waals surface area contributed by atoms with E-state index in [1.807, 2.05) is 0 Å². The highest BCUT2D eigenvalue weighted by Crippen LogP contribution is 2.19. The van der Waals surface area contributed by atoms with Crippen LogP contribution in [0.25, 0.3) is 0 Å². The largest absolute Gasteiger partial charge is 0.481 e. The Morgan fingerprint density at radius 1 is 1.47 bits per heavy atom. The first-order valence-corrected chi connectivity index (χ1v) is 5.81. The molecule has 1 aromatic heterocycles. The molecule has 0 fully saturated rings. The molecule has 0 saturated heterocycles. The van der Waals surface area contributed by atoms with Gasteiger partial charge < -0.3 is 9.47 Å². The van der Waals surface area contributed by atoms with Crippen molar-refractivity contribution >= 4 is 11.8 Å². The quantitative estimate of drug-likeness (QED) is 0.785. The van der Waals surface area contributed by atoms with Crippen molar-refractivity contribution < 1.29 is 14.3 Å². The van der Waals surface area contributed by atoms with E-state index in [1.54, 1.807) is 32.9 Å². The molecule has 0 radical (unpaired) electrons. The first kappa shape index (κ1) is 14.8. The zero-order valence-electron chi connectivity index (χ0n) is 11.6. The molecule has 0 aliphatic carbocycles. The number of carbonyl (C=O) groups excluding carboxylic acids is 1. The molecule has 0 unspecified atom stereocenters. The minimum Gasteiger partial charge on any atom is -0.481 e. The molecule has 0 aromatic carbocycles. The van der Waals surface area contributed by atoms with Gasteiger partial charge in [-0.2, -0.15) is 0 Å². The first-order valence-electron chi connectivity index (χ1n) is 5.81. The van der Waals surface area contributed by atoms with Gasteiger partial charge in [-0.15, -0.1) is 6.42 Å². The van der Waals surface area contributed by atoms with Crippen molar-refractivity contribution in [1.29, 1.82) is 0 Å². The van der Waals surface area contributed by atoms with Crippen molar-refractivity contribution in [2.45, 2.75) is 26.4 Å². The minimum absolute atomic E-state index is 0.114. The Balaban J connectivity index is 2.93. The predicted molar refractivity (Wildman–Crippen MR) is 73.2 cm³/mol. The number of ether oxygens (including phenoxy) is 2. The van der Waals surface area contributed by atoms with Gasteiger partial charge in [0, 0.05) is 6.07 Å². The van der Waals surface area contributed by atoms with E-state index >= 15 is 0 Å². The lowest BCUT2D eigenvalue weighted by Crippen LogP contribution is -2.37. The summed E-state index contributed by atoms with van der Waals surface area (Å²) in [7, 11) is 1.52. The van der Waals surface area contributed by atoms with Crippen LogP contribution in [0.5, 0.6) is 5.88 Å². The number of anilines is 1. The van der Waals surface area contributed by atoms with Gasteiger partial charge in [0.1, 0.15) is 5.60 Å². The van der Waals surface area contributed by atoms with E-state index in [9.17, 15) is 4.79 Å². The van der Waals surface area contributed by atoms with E-state index in [2.05, 4.69) is 10.9 Å². The second kappa shape index (κ2) is 6.10. The van der Waals surface area contributed by atoms with E-state index in [4.69, 9.17) is 15.9 Å². The summed E-state index contributed by atoms with van der Waals surface area (Å²) in [6.45, 7) is 5.50. The van der Waals surface area contributed by atoms with Crippen molar-refractivity contribution in [3.8, 4) is 18.2 Å². The van der Waals surface area contributed by atoms with Gasteiger partial charge in [0.05, 0.1) is 25.5 Å². The number of hydrogen-bond donors (Lipinski definition) is 0. The Hall–Kier alpha value is -2.22. The van der Waals surface area contributed by atoms with Crippen LogP contribution in [0.3, 0.4) is 0 Å². The van der Waals surface area contributed by atoms with Crippen LogP contribution in [0, 0.1) is 12.3 Å². The topological polar surface area (TPSA) is 51.7 Å². The monoisotopic (exact) mass is 262 g/mol. The molecule has 5 heteroatoms. The highest BCUT2D eigenvalue weighted by Gasteiger charge is 2.23. The zero-order valence-corrected chi connectivity index (χ0v) is 11.6. The van der Waals surface area contributed by atoms with Gasteiger partial charge in [-0.05, 0) is 26.8 Å². The molecule has 102 valence electrons. The molecule has 1 heterocycles. The van der Waals surface area contributed by atoms with Crippen LogP contribution < -0.4 is 9.64 Å². The third-order valence-corrected chi connectivity index (χ3v) is 2.10. The summed E-state index contributed by atoms with van der Waals surface area (Å²) in [6, 6.07) is 3.36. The number of terminal acetylenes is 1. The van der Waals surface area contributed by atoms with Crippen LogP contribution >= 0.6 is 0 Å². The zero-order chi connectivity index (χ0) is 14.5. The van der Waals surface area contributed by atoms with Gasteiger partial charge in [0.15, 0.2) is 0 Å². The number of aromatic nitrogens is 1. The average Bonchev–Trinajstić information content (AvgIpc) is 2.34. The summed E-state index contributed by atoms with van der Waals surface area (Å²) < 4.78 is 10.3. The average molecular weight is 262 g/mol. The number of methoxy groups -OCH3 is 1. The van der Waals surface area contributed by atoms with Gasteiger partial charge in [0.25, 0.3) is 0 Å². The molecular formula is C14H18N2O3. The molecule has 1 aromatic rings. The summed E-state index contributed by atoms with van der Waals surface area (Å²) in [5.41, 5.74) is -0.0166. The van der Waals surface area contributed by atoms with Crippen molar-refractivity contribution in [2.75, 3.05) is 18.6 Å². The Bertz CT molecular complexity index is 469. The second-order valence-electron chi connectivity index (χ2n) is 4.83. The second-order valence-corrected chi connectivity index (χ2v) is 4.83. The Morgan fingerprint density at radius 3 is 2.58 bits per heavy atom. The smallest absolute Gasteiger partial charge is 0.415 e. The molecule has 0 saturated carbocycles. The first-order chi connectivity index (χ1) is 8.87. The Kier molecular flexibility index (Phi) is 4.76. The molecule has 1 amide bonds. The standard InChI is InChI=1S/C14H18N2O3/c1-6-9-16(13(17)19-14(2,3)4)11-7-8-12(18-5)15-10-11/h1,7-8,10H,9H2,2-5H3.